The maximum Gasteiger partial charge on any atom is 0.107 e. The maximum absolute atomic E-state index is 5.63. The number of nitrogens with zero attached hydrogens (tertiary/aromatic N) is 3. The van der Waals surface area contributed by atoms with Crippen LogP contribution >= 0.6 is 15.9 Å². The molecule has 3 aromatic rings. The van der Waals surface area contributed by atoms with Gasteiger partial charge in [-0.15, -0.1) is 0 Å². The molecule has 2 aromatic heterocycles. The molecule has 0 unspecified atom stereocenters. The number of halogens is 1. The molecule has 0 aliphatic carbocycles. The Morgan fingerprint density at radius 1 is 1.42 bits per heavy atom. The second-order valence-corrected chi connectivity index (χ2v) is 5.20. The fourth-order valence-corrected chi connectivity index (χ4v) is 2.97. The second-order valence-electron chi connectivity index (χ2n) is 4.41. The molecule has 1 aromatic carbocycles. The number of nitrogens with two attached hydrogens (primary N) is 1. The van der Waals surface area contributed by atoms with Gasteiger partial charge in [0, 0.05) is 19.0 Å². The van der Waals surface area contributed by atoms with Crippen molar-refractivity contribution in [3.8, 4) is 11.3 Å². The largest absolute Gasteiger partial charge is 0.345 e. The van der Waals surface area contributed by atoms with Gasteiger partial charge in [-0.05, 0) is 34.6 Å². The molecule has 0 fully saturated rings. The molecule has 0 aliphatic heterocycles. The number of aromatic nitrogens is 4. The van der Waals surface area contributed by atoms with Crippen LogP contribution in [0.4, 0.5) is 0 Å². The van der Waals surface area contributed by atoms with Crippen LogP contribution in [0, 0.1) is 0 Å². The van der Waals surface area contributed by atoms with Crippen molar-refractivity contribution in [2.24, 2.45) is 12.8 Å². The van der Waals surface area contributed by atoms with E-state index in [1.165, 1.54) is 0 Å². The van der Waals surface area contributed by atoms with Gasteiger partial charge in [0.1, 0.15) is 5.69 Å². The summed E-state index contributed by atoms with van der Waals surface area (Å²) in [6.07, 6.45) is 2.50. The molecule has 3 rings (SSSR count). The lowest BCUT2D eigenvalue weighted by molar-refractivity contribution is 0.707. The Bertz CT molecular complexity index is 728. The summed E-state index contributed by atoms with van der Waals surface area (Å²) in [6.45, 7) is 0.608. The molecule has 5 nitrogen and oxygen atoms in total. The molecule has 19 heavy (non-hydrogen) atoms. The van der Waals surface area contributed by atoms with E-state index >= 15 is 0 Å². The minimum Gasteiger partial charge on any atom is -0.345 e. The lowest BCUT2D eigenvalue weighted by Gasteiger charge is -1.99. The van der Waals surface area contributed by atoms with Crippen molar-refractivity contribution in [3.05, 3.63) is 34.7 Å². The molecule has 0 atom stereocenters. The van der Waals surface area contributed by atoms with Crippen LogP contribution in [0.25, 0.3) is 22.3 Å². The van der Waals surface area contributed by atoms with Gasteiger partial charge in [0.05, 0.1) is 27.5 Å². The highest BCUT2D eigenvalue weighted by molar-refractivity contribution is 9.10. The number of imidazole rings is 1. The Morgan fingerprint density at radius 2 is 2.26 bits per heavy atom. The number of hydrogen-bond donors (Lipinski definition) is 2. The van der Waals surface area contributed by atoms with Crippen LogP contribution < -0.4 is 5.73 Å². The van der Waals surface area contributed by atoms with Crippen molar-refractivity contribution >= 4 is 27.0 Å². The molecule has 0 aliphatic rings. The van der Waals surface area contributed by atoms with Crippen molar-refractivity contribution in [1.82, 2.24) is 19.7 Å². The van der Waals surface area contributed by atoms with Gasteiger partial charge in [0.15, 0.2) is 0 Å². The molecule has 2 heterocycles. The Kier molecular flexibility index (Phi) is 3.12. The normalized spacial score (nSPS) is 11.3. The average molecular weight is 320 g/mol. The van der Waals surface area contributed by atoms with Gasteiger partial charge in [0.2, 0.25) is 0 Å². The Labute approximate surface area is 119 Å². The number of rotatable bonds is 3. The van der Waals surface area contributed by atoms with E-state index in [0.717, 1.165) is 38.9 Å². The van der Waals surface area contributed by atoms with Crippen LogP contribution in [0.3, 0.4) is 0 Å². The second kappa shape index (κ2) is 4.79. The molecule has 0 saturated carbocycles. The number of aromatic amines is 1. The highest BCUT2D eigenvalue weighted by Crippen LogP contribution is 2.31. The van der Waals surface area contributed by atoms with Gasteiger partial charge in [-0.2, -0.15) is 5.10 Å². The fourth-order valence-electron chi connectivity index (χ4n) is 2.21. The Hall–Kier alpha value is -1.66. The Balaban J connectivity index is 2.12. The van der Waals surface area contributed by atoms with Crippen LogP contribution in [-0.4, -0.2) is 26.3 Å². The molecule has 0 spiro atoms. The highest BCUT2D eigenvalue weighted by Gasteiger charge is 2.15. The monoisotopic (exact) mass is 319 g/mol. The van der Waals surface area contributed by atoms with E-state index in [0.29, 0.717) is 6.54 Å². The smallest absolute Gasteiger partial charge is 0.107 e. The van der Waals surface area contributed by atoms with E-state index in [1.54, 1.807) is 6.33 Å². The van der Waals surface area contributed by atoms with Crippen LogP contribution in [0.5, 0.6) is 0 Å². The third-order valence-electron chi connectivity index (χ3n) is 3.18. The first-order valence-electron chi connectivity index (χ1n) is 6.05. The van der Waals surface area contributed by atoms with Gasteiger partial charge >= 0.3 is 0 Å². The summed E-state index contributed by atoms with van der Waals surface area (Å²) < 4.78 is 2.89. The summed E-state index contributed by atoms with van der Waals surface area (Å²) in [7, 11) is 1.94. The zero-order valence-electron chi connectivity index (χ0n) is 10.5. The molecule has 0 radical (unpaired) electrons. The summed E-state index contributed by atoms with van der Waals surface area (Å²) in [6, 6.07) is 6.08. The van der Waals surface area contributed by atoms with Gasteiger partial charge in [-0.3, -0.25) is 4.68 Å². The van der Waals surface area contributed by atoms with Gasteiger partial charge in [0.25, 0.3) is 0 Å². The van der Waals surface area contributed by atoms with Crippen molar-refractivity contribution in [3.63, 3.8) is 0 Å². The van der Waals surface area contributed by atoms with E-state index in [-0.39, 0.29) is 0 Å². The van der Waals surface area contributed by atoms with E-state index in [1.807, 2.05) is 23.9 Å². The quantitative estimate of drug-likeness (QED) is 0.777. The van der Waals surface area contributed by atoms with Crippen molar-refractivity contribution in [1.29, 1.82) is 0 Å². The van der Waals surface area contributed by atoms with Gasteiger partial charge in [-0.25, -0.2) is 4.98 Å². The van der Waals surface area contributed by atoms with Crippen molar-refractivity contribution in [2.75, 3.05) is 6.54 Å². The van der Waals surface area contributed by atoms with Crippen LogP contribution in [0.2, 0.25) is 0 Å². The maximum atomic E-state index is 5.63. The number of fused-ring (bicyclic) bond motifs is 1. The Morgan fingerprint density at radius 3 is 3.05 bits per heavy atom. The average Bonchev–Trinajstić information content (AvgIpc) is 2.97. The first-order valence-corrected chi connectivity index (χ1v) is 6.85. The molecular formula is C13H14BrN5. The SMILES string of the molecule is Cn1nc(-c2ccc3nc[nH]c3c2)c(Br)c1CCN. The number of nitrogens with one attached hydrogen (secondary N) is 1. The van der Waals surface area contributed by atoms with Crippen molar-refractivity contribution in [2.45, 2.75) is 6.42 Å². The number of hydrogen-bond acceptors (Lipinski definition) is 3. The number of H-pyrrole nitrogens is 1. The topological polar surface area (TPSA) is 72.5 Å². The minimum absolute atomic E-state index is 0.608. The van der Waals surface area contributed by atoms with E-state index < -0.39 is 0 Å². The van der Waals surface area contributed by atoms with Gasteiger partial charge in [-0.1, -0.05) is 6.07 Å². The van der Waals surface area contributed by atoms with E-state index in [2.05, 4.69) is 37.1 Å². The molecule has 3 N–H and O–H groups in total. The van der Waals surface area contributed by atoms with Crippen LogP contribution in [0.1, 0.15) is 5.69 Å². The highest BCUT2D eigenvalue weighted by atomic mass is 79.9. The minimum atomic E-state index is 0.608. The summed E-state index contributed by atoms with van der Waals surface area (Å²) in [5.74, 6) is 0. The molecule has 0 saturated heterocycles. The molecule has 0 amide bonds. The summed E-state index contributed by atoms with van der Waals surface area (Å²) in [4.78, 5) is 7.33. The molecule has 98 valence electrons. The zero-order chi connectivity index (χ0) is 13.4. The summed E-state index contributed by atoms with van der Waals surface area (Å²) >= 11 is 3.63. The van der Waals surface area contributed by atoms with Gasteiger partial charge < -0.3 is 10.7 Å². The lowest BCUT2D eigenvalue weighted by Crippen LogP contribution is -2.07. The fraction of sp³-hybridized carbons (Fsp3) is 0.231. The molecular weight excluding hydrogens is 306 g/mol. The van der Waals surface area contributed by atoms with E-state index in [9.17, 15) is 0 Å². The zero-order valence-corrected chi connectivity index (χ0v) is 12.1. The first-order chi connectivity index (χ1) is 9.20. The third kappa shape index (κ3) is 2.06. The predicted molar refractivity (Wildman–Crippen MR) is 78.8 cm³/mol. The summed E-state index contributed by atoms with van der Waals surface area (Å²) in [5.41, 5.74) is 10.7. The number of aryl methyl sites for hydroxylation is 1. The predicted octanol–water partition coefficient (Wildman–Crippen LogP) is 2.23. The standard InChI is InChI=1S/C13H14BrN5/c1-19-11(4-5-15)12(14)13(18-19)8-2-3-9-10(6-8)17-7-16-9/h2-3,6-7H,4-5,15H2,1H3,(H,16,17). The van der Waals surface area contributed by atoms with Crippen LogP contribution in [-0.2, 0) is 13.5 Å². The van der Waals surface area contributed by atoms with Crippen LogP contribution in [0.15, 0.2) is 29.0 Å². The van der Waals surface area contributed by atoms with Crippen molar-refractivity contribution < 1.29 is 0 Å². The molecule has 0 bridgehead atoms. The summed E-state index contributed by atoms with van der Waals surface area (Å²) in [5, 5.41) is 4.57. The first kappa shape index (κ1) is 12.4. The lowest BCUT2D eigenvalue weighted by atomic mass is 10.1. The molecule has 6 heteroatoms. The third-order valence-corrected chi connectivity index (χ3v) is 4.01. The van der Waals surface area contributed by atoms with E-state index in [4.69, 9.17) is 5.73 Å². The number of benzene rings is 1.